The second-order valence-electron chi connectivity index (χ2n) is 8.17. The topological polar surface area (TPSA) is 119 Å². The molecule has 0 saturated carbocycles. The van der Waals surface area contributed by atoms with Gasteiger partial charge in [0.1, 0.15) is 0 Å². The zero-order chi connectivity index (χ0) is 25.7. The number of hydrogen-bond acceptors (Lipinski definition) is 8. The summed E-state index contributed by atoms with van der Waals surface area (Å²) in [5, 5.41) is 10.8. The Balaban J connectivity index is 1.49. The molecule has 3 amide bonds. The van der Waals surface area contributed by atoms with E-state index >= 15 is 0 Å². The Bertz CT molecular complexity index is 1220. The molecule has 2 saturated heterocycles. The van der Waals surface area contributed by atoms with Gasteiger partial charge in [-0.2, -0.15) is 0 Å². The summed E-state index contributed by atoms with van der Waals surface area (Å²) in [7, 11) is 0. The van der Waals surface area contributed by atoms with Crippen LogP contribution in [0.5, 0.6) is 11.5 Å². The normalized spacial score (nSPS) is 16.6. The van der Waals surface area contributed by atoms with Gasteiger partial charge in [0.2, 0.25) is 0 Å². The van der Waals surface area contributed by atoms with Crippen molar-refractivity contribution < 1.29 is 28.8 Å². The van der Waals surface area contributed by atoms with Crippen molar-refractivity contribution in [2.45, 2.75) is 26.3 Å². The van der Waals surface area contributed by atoms with Crippen molar-refractivity contribution in [1.29, 1.82) is 0 Å². The van der Waals surface area contributed by atoms with Crippen LogP contribution in [-0.4, -0.2) is 58.1 Å². The maximum Gasteiger partial charge on any atom is 0.293 e. The summed E-state index contributed by atoms with van der Waals surface area (Å²) >= 11 is 0.768. The Morgan fingerprint density at radius 3 is 2.58 bits per heavy atom. The Hall–Kier alpha value is -3.86. The van der Waals surface area contributed by atoms with Crippen molar-refractivity contribution in [3.63, 3.8) is 0 Å². The van der Waals surface area contributed by atoms with Crippen molar-refractivity contribution in [1.82, 2.24) is 9.80 Å². The van der Waals surface area contributed by atoms with Crippen LogP contribution < -0.4 is 9.47 Å². The molecule has 2 heterocycles. The lowest BCUT2D eigenvalue weighted by Gasteiger charge is -2.17. The van der Waals surface area contributed by atoms with Crippen LogP contribution in [0.3, 0.4) is 0 Å². The summed E-state index contributed by atoms with van der Waals surface area (Å²) in [5.41, 5.74) is 0.725. The summed E-state index contributed by atoms with van der Waals surface area (Å²) in [6.07, 6.45) is 3.56. The van der Waals surface area contributed by atoms with E-state index in [1.807, 2.05) is 6.92 Å². The molecular weight excluding hydrogens is 486 g/mol. The highest BCUT2D eigenvalue weighted by Crippen LogP contribution is 2.36. The first-order chi connectivity index (χ1) is 17.4. The fraction of sp³-hybridized carbons (Fsp3) is 0.320. The van der Waals surface area contributed by atoms with Crippen LogP contribution in [0.15, 0.2) is 47.4 Å². The molecule has 2 aromatic rings. The van der Waals surface area contributed by atoms with E-state index in [1.165, 1.54) is 18.2 Å². The molecule has 0 bridgehead atoms. The number of nitro benzene ring substituents is 1. The third-order valence-corrected chi connectivity index (χ3v) is 6.67. The zero-order valence-electron chi connectivity index (χ0n) is 19.7. The van der Waals surface area contributed by atoms with E-state index in [0.717, 1.165) is 42.6 Å². The molecule has 11 heteroatoms. The quantitative estimate of drug-likeness (QED) is 0.279. The lowest BCUT2D eigenvalue weighted by molar-refractivity contribution is -0.385. The number of para-hydroxylation sites is 1. The molecule has 36 heavy (non-hydrogen) atoms. The molecule has 188 valence electrons. The van der Waals surface area contributed by atoms with Gasteiger partial charge in [-0.05, 0) is 55.3 Å². The number of nitro groups is 1. The van der Waals surface area contributed by atoms with E-state index in [0.29, 0.717) is 23.7 Å². The summed E-state index contributed by atoms with van der Waals surface area (Å²) in [6, 6.07) is 11.0. The second-order valence-corrected chi connectivity index (χ2v) is 9.16. The molecule has 0 N–H and O–H groups in total. The number of likely N-dealkylation sites (tertiary alicyclic amines) is 1. The van der Waals surface area contributed by atoms with Crippen molar-refractivity contribution in [3.05, 3.63) is 68.6 Å². The van der Waals surface area contributed by atoms with E-state index < -0.39 is 16.1 Å². The van der Waals surface area contributed by atoms with Gasteiger partial charge in [0.05, 0.1) is 23.0 Å². The zero-order valence-corrected chi connectivity index (χ0v) is 20.5. The SMILES string of the molecule is CCOc1cc(/C=C2\SC(=O)N(Cc3ccccc3[N+](=O)[O-])C2=O)ccc1OCC(=O)N1CCCC1. The van der Waals surface area contributed by atoms with Crippen LogP contribution in [0.4, 0.5) is 10.5 Å². The van der Waals surface area contributed by atoms with Gasteiger partial charge in [-0.3, -0.25) is 29.4 Å². The van der Waals surface area contributed by atoms with Crippen LogP contribution in [0.25, 0.3) is 6.08 Å². The predicted octanol–water partition coefficient (Wildman–Crippen LogP) is 4.23. The van der Waals surface area contributed by atoms with Crippen LogP contribution in [-0.2, 0) is 16.1 Å². The first-order valence-electron chi connectivity index (χ1n) is 11.5. The molecule has 10 nitrogen and oxygen atoms in total. The number of benzene rings is 2. The highest BCUT2D eigenvalue weighted by Gasteiger charge is 2.36. The van der Waals surface area contributed by atoms with Crippen LogP contribution in [0.1, 0.15) is 30.9 Å². The first kappa shape index (κ1) is 25.2. The van der Waals surface area contributed by atoms with E-state index in [2.05, 4.69) is 0 Å². The van der Waals surface area contributed by atoms with Gasteiger partial charge in [-0.15, -0.1) is 0 Å². The van der Waals surface area contributed by atoms with Crippen molar-refractivity contribution in [2.24, 2.45) is 0 Å². The number of amides is 3. The lowest BCUT2D eigenvalue weighted by atomic mass is 10.1. The summed E-state index contributed by atoms with van der Waals surface area (Å²) in [4.78, 5) is 51.5. The highest BCUT2D eigenvalue weighted by molar-refractivity contribution is 8.18. The van der Waals surface area contributed by atoms with Crippen LogP contribution >= 0.6 is 11.8 Å². The van der Waals surface area contributed by atoms with Gasteiger partial charge in [0.15, 0.2) is 18.1 Å². The Morgan fingerprint density at radius 1 is 1.11 bits per heavy atom. The lowest BCUT2D eigenvalue weighted by Crippen LogP contribution is -2.32. The third kappa shape index (κ3) is 5.68. The smallest absolute Gasteiger partial charge is 0.293 e. The number of hydrogen-bond donors (Lipinski definition) is 0. The Labute approximate surface area is 212 Å². The molecule has 0 aromatic heterocycles. The molecule has 4 rings (SSSR count). The number of thioether (sulfide) groups is 1. The van der Waals surface area contributed by atoms with Crippen molar-refractivity contribution in [2.75, 3.05) is 26.3 Å². The molecule has 0 spiro atoms. The maximum atomic E-state index is 12.9. The number of ether oxygens (including phenoxy) is 2. The molecule has 2 aliphatic rings. The first-order valence-corrected chi connectivity index (χ1v) is 12.3. The number of carbonyl (C=O) groups excluding carboxylic acids is 3. The molecule has 2 aliphatic heterocycles. The van der Waals surface area contributed by atoms with Gasteiger partial charge in [0, 0.05) is 24.7 Å². The van der Waals surface area contributed by atoms with Gasteiger partial charge >= 0.3 is 0 Å². The van der Waals surface area contributed by atoms with Crippen LogP contribution in [0.2, 0.25) is 0 Å². The maximum absolute atomic E-state index is 12.9. The Kier molecular flexibility index (Phi) is 7.89. The largest absolute Gasteiger partial charge is 0.490 e. The summed E-state index contributed by atoms with van der Waals surface area (Å²) in [6.45, 7) is 3.38. The standard InChI is InChI=1S/C25H25N3O7S/c1-2-34-21-13-17(9-10-20(21)35-16-23(29)26-11-5-6-12-26)14-22-24(30)27(25(31)36-22)15-18-7-3-4-8-19(18)28(32)33/h3-4,7-10,13-14H,2,5-6,11-12,15-16H2,1H3/b22-14-. The summed E-state index contributed by atoms with van der Waals surface area (Å²) < 4.78 is 11.4. The predicted molar refractivity (Wildman–Crippen MR) is 134 cm³/mol. The number of nitrogens with zero attached hydrogens (tertiary/aromatic N) is 3. The monoisotopic (exact) mass is 511 g/mol. The molecule has 0 atom stereocenters. The minimum atomic E-state index is -0.540. The summed E-state index contributed by atoms with van der Waals surface area (Å²) in [5.74, 6) is 0.217. The van der Waals surface area contributed by atoms with E-state index in [1.54, 1.807) is 35.2 Å². The minimum Gasteiger partial charge on any atom is -0.490 e. The molecule has 0 radical (unpaired) electrons. The Morgan fingerprint density at radius 2 is 1.86 bits per heavy atom. The van der Waals surface area contributed by atoms with Gasteiger partial charge in [-0.25, -0.2) is 0 Å². The number of rotatable bonds is 9. The average molecular weight is 512 g/mol. The number of imide groups is 1. The fourth-order valence-electron chi connectivity index (χ4n) is 3.98. The van der Waals surface area contributed by atoms with E-state index in [4.69, 9.17) is 9.47 Å². The van der Waals surface area contributed by atoms with E-state index in [-0.39, 0.29) is 35.2 Å². The molecule has 2 fully saturated rings. The molecule has 2 aromatic carbocycles. The van der Waals surface area contributed by atoms with Gasteiger partial charge < -0.3 is 14.4 Å². The highest BCUT2D eigenvalue weighted by atomic mass is 32.2. The number of carbonyl (C=O) groups is 3. The van der Waals surface area contributed by atoms with Gasteiger partial charge in [0.25, 0.3) is 22.7 Å². The molecule has 0 aliphatic carbocycles. The van der Waals surface area contributed by atoms with Crippen molar-refractivity contribution >= 4 is 40.6 Å². The minimum absolute atomic E-state index is 0.0775. The average Bonchev–Trinajstić information content (AvgIpc) is 3.49. The second kappa shape index (κ2) is 11.3. The van der Waals surface area contributed by atoms with Crippen molar-refractivity contribution in [3.8, 4) is 11.5 Å². The van der Waals surface area contributed by atoms with E-state index in [9.17, 15) is 24.5 Å². The fourth-order valence-corrected chi connectivity index (χ4v) is 4.82. The van der Waals surface area contributed by atoms with Gasteiger partial charge in [-0.1, -0.05) is 24.3 Å². The third-order valence-electron chi connectivity index (χ3n) is 5.77. The molecule has 0 unspecified atom stereocenters. The van der Waals surface area contributed by atoms with Crippen LogP contribution in [0, 0.1) is 10.1 Å². The molecular formula is C25H25N3O7S.